The van der Waals surface area contributed by atoms with Gasteiger partial charge in [-0.05, 0) is 44.2 Å². The SMILES string of the molecule is COCc1c(OC(=O)OC(C)C)ncc2[nH]c3ccc(C#Cc4ccccc4)cc3c12. The predicted molar refractivity (Wildman–Crippen MR) is 119 cm³/mol. The Bertz CT molecular complexity index is 1300. The fourth-order valence-electron chi connectivity index (χ4n) is 3.35. The van der Waals surface area contributed by atoms with Gasteiger partial charge in [0.05, 0.1) is 30.0 Å². The highest BCUT2D eigenvalue weighted by atomic mass is 16.7. The summed E-state index contributed by atoms with van der Waals surface area (Å²) in [6.07, 6.45) is 0.552. The lowest BCUT2D eigenvalue weighted by atomic mass is 10.1. The zero-order chi connectivity index (χ0) is 21.8. The van der Waals surface area contributed by atoms with Crippen LogP contribution >= 0.6 is 0 Å². The molecule has 6 heteroatoms. The van der Waals surface area contributed by atoms with E-state index in [1.807, 2.05) is 48.5 Å². The summed E-state index contributed by atoms with van der Waals surface area (Å²) in [7, 11) is 1.58. The number of H-pyrrole nitrogens is 1. The van der Waals surface area contributed by atoms with Gasteiger partial charge in [0.1, 0.15) is 0 Å². The summed E-state index contributed by atoms with van der Waals surface area (Å²) in [5, 5.41) is 1.83. The van der Waals surface area contributed by atoms with E-state index >= 15 is 0 Å². The predicted octanol–water partition coefficient (Wildman–Crippen LogP) is 5.19. The second-order valence-electron chi connectivity index (χ2n) is 7.28. The van der Waals surface area contributed by atoms with E-state index in [9.17, 15) is 4.79 Å². The molecule has 0 radical (unpaired) electrons. The molecule has 0 unspecified atom stereocenters. The average Bonchev–Trinajstić information content (AvgIpc) is 3.12. The second-order valence-corrected chi connectivity index (χ2v) is 7.28. The number of carbonyl (C=O) groups excluding carboxylic acids is 1. The highest BCUT2D eigenvalue weighted by Crippen LogP contribution is 2.33. The van der Waals surface area contributed by atoms with E-state index in [0.717, 1.165) is 32.9 Å². The third kappa shape index (κ3) is 4.52. The maximum Gasteiger partial charge on any atom is 0.515 e. The lowest BCUT2D eigenvalue weighted by Gasteiger charge is -2.11. The zero-order valence-electron chi connectivity index (χ0n) is 17.6. The first-order valence-corrected chi connectivity index (χ1v) is 9.93. The maximum atomic E-state index is 12.0. The standard InChI is InChI=1S/C25H22N2O4/c1-16(2)30-25(28)31-24-20(15-29-3)23-19-13-18(10-9-17-7-5-4-6-8-17)11-12-21(19)27-22(23)14-26-24/h4-8,11-14,16,27H,15H2,1-3H3. The molecule has 0 bridgehead atoms. The summed E-state index contributed by atoms with van der Waals surface area (Å²) in [6, 6.07) is 15.8. The molecule has 1 N–H and O–H groups in total. The minimum absolute atomic E-state index is 0.168. The Morgan fingerprint density at radius 3 is 2.58 bits per heavy atom. The molecule has 0 aliphatic carbocycles. The maximum absolute atomic E-state index is 12.0. The monoisotopic (exact) mass is 414 g/mol. The van der Waals surface area contributed by atoms with Crippen molar-refractivity contribution in [1.29, 1.82) is 0 Å². The molecule has 2 aromatic heterocycles. The number of aromatic nitrogens is 2. The smallest absolute Gasteiger partial charge is 0.431 e. The first-order valence-electron chi connectivity index (χ1n) is 9.93. The summed E-state index contributed by atoms with van der Waals surface area (Å²) in [5.41, 5.74) is 4.24. The highest BCUT2D eigenvalue weighted by Gasteiger charge is 2.19. The molecular formula is C25H22N2O4. The van der Waals surface area contributed by atoms with Gasteiger partial charge in [-0.2, -0.15) is 0 Å². The summed E-state index contributed by atoms with van der Waals surface area (Å²) in [4.78, 5) is 19.7. The van der Waals surface area contributed by atoms with Crippen LogP contribution in [0.3, 0.4) is 0 Å². The van der Waals surface area contributed by atoms with Crippen molar-refractivity contribution < 1.29 is 19.0 Å². The van der Waals surface area contributed by atoms with Crippen LogP contribution in [0.2, 0.25) is 0 Å². The van der Waals surface area contributed by atoms with Crippen LogP contribution < -0.4 is 4.74 Å². The summed E-state index contributed by atoms with van der Waals surface area (Å²) < 4.78 is 15.8. The van der Waals surface area contributed by atoms with E-state index in [-0.39, 0.29) is 18.6 Å². The van der Waals surface area contributed by atoms with E-state index in [2.05, 4.69) is 21.8 Å². The van der Waals surface area contributed by atoms with Crippen molar-refractivity contribution in [2.45, 2.75) is 26.6 Å². The van der Waals surface area contributed by atoms with Crippen LogP contribution in [0.1, 0.15) is 30.5 Å². The number of hydrogen-bond donors (Lipinski definition) is 1. The Balaban J connectivity index is 1.80. The number of fused-ring (bicyclic) bond motifs is 3. The number of ether oxygens (including phenoxy) is 3. The number of nitrogens with zero attached hydrogens (tertiary/aromatic N) is 1. The van der Waals surface area contributed by atoms with Gasteiger partial charge in [-0.1, -0.05) is 30.0 Å². The van der Waals surface area contributed by atoms with Crippen molar-refractivity contribution in [3.8, 4) is 17.7 Å². The van der Waals surface area contributed by atoms with Crippen LogP contribution in [0.15, 0.2) is 54.7 Å². The third-order valence-electron chi connectivity index (χ3n) is 4.62. The Kier molecular flexibility index (Phi) is 5.87. The van der Waals surface area contributed by atoms with Crippen LogP contribution in [-0.2, 0) is 16.1 Å². The second kappa shape index (κ2) is 8.90. The van der Waals surface area contributed by atoms with E-state index in [1.54, 1.807) is 27.2 Å². The molecule has 0 saturated heterocycles. The van der Waals surface area contributed by atoms with Crippen molar-refractivity contribution in [3.63, 3.8) is 0 Å². The molecule has 0 saturated carbocycles. The molecule has 2 heterocycles. The van der Waals surface area contributed by atoms with Gasteiger partial charge in [0.15, 0.2) is 0 Å². The summed E-state index contributed by atoms with van der Waals surface area (Å²) in [6.45, 7) is 3.73. The van der Waals surface area contributed by atoms with Crippen molar-refractivity contribution in [1.82, 2.24) is 9.97 Å². The van der Waals surface area contributed by atoms with E-state index in [0.29, 0.717) is 5.56 Å². The molecule has 4 rings (SSSR count). The minimum atomic E-state index is -0.798. The van der Waals surface area contributed by atoms with Gasteiger partial charge in [0, 0.05) is 34.5 Å². The number of pyridine rings is 1. The normalized spacial score (nSPS) is 10.8. The highest BCUT2D eigenvalue weighted by molar-refractivity contribution is 6.09. The van der Waals surface area contributed by atoms with Crippen LogP contribution in [0.4, 0.5) is 4.79 Å². The van der Waals surface area contributed by atoms with E-state index < -0.39 is 6.16 Å². The Labute approximate surface area is 180 Å². The topological polar surface area (TPSA) is 73.4 Å². The van der Waals surface area contributed by atoms with Gasteiger partial charge in [0.2, 0.25) is 5.88 Å². The van der Waals surface area contributed by atoms with Crippen LogP contribution in [0.5, 0.6) is 5.88 Å². The van der Waals surface area contributed by atoms with Crippen molar-refractivity contribution >= 4 is 28.0 Å². The first-order chi connectivity index (χ1) is 15.0. The first kappa shape index (κ1) is 20.5. The molecule has 156 valence electrons. The van der Waals surface area contributed by atoms with Crippen LogP contribution in [-0.4, -0.2) is 29.3 Å². The molecule has 0 spiro atoms. The molecule has 4 aromatic rings. The van der Waals surface area contributed by atoms with Crippen molar-refractivity contribution in [2.75, 3.05) is 7.11 Å². The lowest BCUT2D eigenvalue weighted by molar-refractivity contribution is 0.0705. The fourth-order valence-corrected chi connectivity index (χ4v) is 3.35. The molecule has 0 aliphatic rings. The number of benzene rings is 2. The Morgan fingerprint density at radius 1 is 1.06 bits per heavy atom. The molecule has 31 heavy (non-hydrogen) atoms. The quantitative estimate of drug-likeness (QED) is 0.368. The number of aromatic amines is 1. The summed E-state index contributed by atoms with van der Waals surface area (Å²) >= 11 is 0. The molecule has 0 atom stereocenters. The number of rotatable bonds is 4. The van der Waals surface area contributed by atoms with E-state index in [1.165, 1.54) is 0 Å². The Morgan fingerprint density at radius 2 is 1.84 bits per heavy atom. The van der Waals surface area contributed by atoms with Crippen molar-refractivity contribution in [2.24, 2.45) is 0 Å². The fraction of sp³-hybridized carbons (Fsp3) is 0.200. The summed E-state index contributed by atoms with van der Waals surface area (Å²) in [5.74, 6) is 6.56. The average molecular weight is 414 g/mol. The molecule has 2 aromatic carbocycles. The minimum Gasteiger partial charge on any atom is -0.431 e. The van der Waals surface area contributed by atoms with Crippen LogP contribution in [0, 0.1) is 11.8 Å². The third-order valence-corrected chi connectivity index (χ3v) is 4.62. The van der Waals surface area contributed by atoms with Gasteiger partial charge in [-0.25, -0.2) is 9.78 Å². The number of carbonyl (C=O) groups is 1. The van der Waals surface area contributed by atoms with E-state index in [4.69, 9.17) is 14.2 Å². The van der Waals surface area contributed by atoms with Gasteiger partial charge in [0.25, 0.3) is 0 Å². The molecule has 6 nitrogen and oxygen atoms in total. The number of nitrogens with one attached hydrogen (secondary N) is 1. The largest absolute Gasteiger partial charge is 0.515 e. The molecular weight excluding hydrogens is 392 g/mol. The van der Waals surface area contributed by atoms with Gasteiger partial charge < -0.3 is 19.2 Å². The molecule has 0 amide bonds. The molecule has 0 aliphatic heterocycles. The van der Waals surface area contributed by atoms with Gasteiger partial charge in [-0.3, -0.25) is 0 Å². The molecule has 0 fully saturated rings. The Hall–Kier alpha value is -3.82. The van der Waals surface area contributed by atoms with Crippen molar-refractivity contribution in [3.05, 3.63) is 71.4 Å². The number of methoxy groups -OCH3 is 1. The van der Waals surface area contributed by atoms with Gasteiger partial charge >= 0.3 is 6.16 Å². The zero-order valence-corrected chi connectivity index (χ0v) is 17.6. The van der Waals surface area contributed by atoms with Gasteiger partial charge in [-0.15, -0.1) is 0 Å². The number of hydrogen-bond acceptors (Lipinski definition) is 5. The van der Waals surface area contributed by atoms with Crippen LogP contribution in [0.25, 0.3) is 21.8 Å². The lowest BCUT2D eigenvalue weighted by Crippen LogP contribution is -2.17.